The number of ether oxygens (including phenoxy) is 2. The van der Waals surface area contributed by atoms with E-state index in [2.05, 4.69) is 49.0 Å². The first-order valence-corrected chi connectivity index (χ1v) is 18.6. The average Bonchev–Trinajstić information content (AvgIpc) is 3.69. The molecule has 0 radical (unpaired) electrons. The highest BCUT2D eigenvalue weighted by Gasteiger charge is 2.79. The summed E-state index contributed by atoms with van der Waals surface area (Å²) < 4.78 is 11.6. The topological polar surface area (TPSA) is 137 Å². The summed E-state index contributed by atoms with van der Waals surface area (Å²) in [5, 5.41) is 38.7. The van der Waals surface area contributed by atoms with E-state index in [0.717, 1.165) is 50.5 Å². The van der Waals surface area contributed by atoms with Crippen molar-refractivity contribution in [1.29, 1.82) is 0 Å². The number of nitrogens with one attached hydrogen (secondary N) is 2. The first kappa shape index (κ1) is 35.5. The van der Waals surface area contributed by atoms with Crippen LogP contribution in [-0.4, -0.2) is 63.4 Å². The van der Waals surface area contributed by atoms with Crippen LogP contribution in [0.4, 0.5) is 0 Å². The quantitative estimate of drug-likeness (QED) is 0.193. The Balaban J connectivity index is 1.39. The number of cyclic esters (lactones) is 1. The number of benzene rings is 1. The van der Waals surface area contributed by atoms with Gasteiger partial charge in [-0.3, -0.25) is 10.2 Å². The fourth-order valence-corrected chi connectivity index (χ4v) is 11.4. The van der Waals surface area contributed by atoms with Crippen molar-refractivity contribution < 1.29 is 34.4 Å². The molecule has 0 spiro atoms. The predicted octanol–water partition coefficient (Wildman–Crippen LogP) is 5.12. The van der Waals surface area contributed by atoms with Crippen molar-refractivity contribution in [1.82, 2.24) is 10.9 Å². The van der Waals surface area contributed by atoms with E-state index in [1.165, 1.54) is 18.6 Å². The van der Waals surface area contributed by atoms with Crippen LogP contribution in [0.3, 0.4) is 0 Å². The zero-order valence-corrected chi connectivity index (χ0v) is 29.4. The van der Waals surface area contributed by atoms with Crippen LogP contribution in [0.25, 0.3) is 0 Å². The molecular formula is C39H58N2O7. The Morgan fingerprint density at radius 2 is 1.90 bits per heavy atom. The normalized spacial score (nSPS) is 40.2. The molecule has 1 unspecified atom stereocenters. The molecule has 2 heterocycles. The third kappa shape index (κ3) is 6.06. The van der Waals surface area contributed by atoms with Crippen molar-refractivity contribution in [3.8, 4) is 0 Å². The first-order chi connectivity index (χ1) is 22.9. The van der Waals surface area contributed by atoms with Crippen LogP contribution < -0.4 is 10.9 Å². The molecule has 5 N–H and O–H groups in total. The molecule has 1 aromatic carbocycles. The number of rotatable bonds is 12. The highest BCUT2D eigenvalue weighted by Crippen LogP contribution is 2.71. The lowest BCUT2D eigenvalue weighted by atomic mass is 9.36. The van der Waals surface area contributed by atoms with E-state index in [9.17, 15) is 24.9 Å². The number of aryl methyl sites for hydroxylation is 1. The van der Waals surface area contributed by atoms with E-state index in [1.54, 1.807) is 0 Å². The van der Waals surface area contributed by atoms with Crippen LogP contribution in [0, 0.1) is 34.5 Å². The fourth-order valence-electron chi connectivity index (χ4n) is 11.4. The van der Waals surface area contributed by atoms with Gasteiger partial charge in [-0.2, -0.15) is 0 Å². The summed E-state index contributed by atoms with van der Waals surface area (Å²) in [6.45, 7) is 8.05. The number of hydrazine groups is 1. The smallest absolute Gasteiger partial charge is 0.331 e. The number of fused-ring (bicyclic) bond motifs is 2. The number of esters is 2. The zero-order chi connectivity index (χ0) is 34.3. The predicted molar refractivity (Wildman–Crippen MR) is 182 cm³/mol. The summed E-state index contributed by atoms with van der Waals surface area (Å²) in [6, 6.07) is 10.6. The summed E-state index contributed by atoms with van der Waals surface area (Å²) >= 11 is 0. The van der Waals surface area contributed by atoms with Crippen molar-refractivity contribution in [3.63, 3.8) is 0 Å². The maximum atomic E-state index is 13.4. The Labute approximate surface area is 286 Å². The maximum absolute atomic E-state index is 13.4. The summed E-state index contributed by atoms with van der Waals surface area (Å²) in [5.41, 5.74) is 4.61. The molecule has 266 valence electrons. The minimum absolute atomic E-state index is 0.151. The van der Waals surface area contributed by atoms with E-state index < -0.39 is 52.2 Å². The van der Waals surface area contributed by atoms with Gasteiger partial charge in [-0.05, 0) is 98.5 Å². The number of aliphatic hydroxyl groups excluding tert-OH is 2. The molecule has 1 aromatic rings. The second-order valence-corrected chi connectivity index (χ2v) is 16.3. The van der Waals surface area contributed by atoms with Crippen LogP contribution in [0.2, 0.25) is 0 Å². The van der Waals surface area contributed by atoms with Crippen molar-refractivity contribution in [2.45, 2.75) is 141 Å². The second kappa shape index (κ2) is 13.8. The van der Waals surface area contributed by atoms with Crippen LogP contribution >= 0.6 is 0 Å². The standard InChI is InChI=1S/C39H58N2O7/c1-25(10-8-13-28-11-6-5-7-12-28)16-17-32(43)39-33(44)19-20-36(4)30-14-9-15-31(30)40-41-38(35(36)39,48-27(3)42)23-26(2)37(39,46)21-18-29-22-34(45)47-24-29/h5-7,11-12,22,25-26,30-33,35,40-41,43-44,46H,8-10,13-21,23-24H2,1-4H3/t25-,26+,30+,31+,32+,33+,35?,36+,37-,38+,39+/m1/s1. The van der Waals surface area contributed by atoms with Crippen LogP contribution in [0.15, 0.2) is 42.0 Å². The first-order valence-electron chi connectivity index (χ1n) is 18.6. The van der Waals surface area contributed by atoms with Gasteiger partial charge >= 0.3 is 11.9 Å². The molecule has 0 aromatic heterocycles. The molecule has 11 atom stereocenters. The van der Waals surface area contributed by atoms with Crippen molar-refractivity contribution in [2.75, 3.05) is 6.61 Å². The van der Waals surface area contributed by atoms with E-state index in [4.69, 9.17) is 9.47 Å². The summed E-state index contributed by atoms with van der Waals surface area (Å²) in [6.07, 6.45) is 8.77. The highest BCUT2D eigenvalue weighted by atomic mass is 16.6. The molecule has 9 heteroatoms. The average molecular weight is 667 g/mol. The third-order valence-corrected chi connectivity index (χ3v) is 13.5. The van der Waals surface area contributed by atoms with Gasteiger partial charge in [0.15, 0.2) is 5.72 Å². The monoisotopic (exact) mass is 666 g/mol. The molecule has 2 aliphatic heterocycles. The lowest BCUT2D eigenvalue weighted by Gasteiger charge is -2.71. The van der Waals surface area contributed by atoms with Crippen molar-refractivity contribution in [2.24, 2.45) is 34.5 Å². The van der Waals surface area contributed by atoms with Gasteiger partial charge in [0.1, 0.15) is 6.61 Å². The zero-order valence-electron chi connectivity index (χ0n) is 29.4. The van der Waals surface area contributed by atoms with Crippen LogP contribution in [-0.2, 0) is 25.5 Å². The molecular weight excluding hydrogens is 608 g/mol. The van der Waals surface area contributed by atoms with Gasteiger partial charge in [0, 0.05) is 31.4 Å². The van der Waals surface area contributed by atoms with E-state index in [1.807, 2.05) is 13.0 Å². The molecule has 1 saturated heterocycles. The summed E-state index contributed by atoms with van der Waals surface area (Å²) in [4.78, 5) is 24.9. The second-order valence-electron chi connectivity index (χ2n) is 16.3. The number of hydrogen-bond donors (Lipinski definition) is 5. The third-order valence-electron chi connectivity index (χ3n) is 13.5. The van der Waals surface area contributed by atoms with E-state index in [0.29, 0.717) is 38.0 Å². The van der Waals surface area contributed by atoms with Gasteiger partial charge in [-0.15, -0.1) is 0 Å². The lowest BCUT2D eigenvalue weighted by molar-refractivity contribution is -0.351. The Morgan fingerprint density at radius 1 is 1.12 bits per heavy atom. The molecule has 6 rings (SSSR count). The fraction of sp³-hybridized carbons (Fsp3) is 0.744. The number of carbonyl (C=O) groups excluding carboxylic acids is 2. The maximum Gasteiger partial charge on any atom is 0.331 e. The Bertz CT molecular complexity index is 1350. The van der Waals surface area contributed by atoms with Gasteiger partial charge in [-0.25, -0.2) is 10.2 Å². The van der Waals surface area contributed by atoms with Crippen LogP contribution in [0.5, 0.6) is 0 Å². The molecule has 48 heavy (non-hydrogen) atoms. The van der Waals surface area contributed by atoms with Gasteiger partial charge in [0.2, 0.25) is 0 Å². The lowest BCUT2D eigenvalue weighted by Crippen LogP contribution is -2.81. The van der Waals surface area contributed by atoms with E-state index >= 15 is 0 Å². The Morgan fingerprint density at radius 3 is 2.60 bits per heavy atom. The number of carbonyl (C=O) groups is 2. The van der Waals surface area contributed by atoms with Gasteiger partial charge < -0.3 is 24.8 Å². The van der Waals surface area contributed by atoms with Gasteiger partial charge in [0.05, 0.1) is 23.2 Å². The highest BCUT2D eigenvalue weighted by molar-refractivity contribution is 5.85. The van der Waals surface area contributed by atoms with Gasteiger partial charge in [-0.1, -0.05) is 63.9 Å². The molecule has 9 nitrogen and oxygen atoms in total. The summed E-state index contributed by atoms with van der Waals surface area (Å²) in [7, 11) is 0. The summed E-state index contributed by atoms with van der Waals surface area (Å²) in [5.74, 6) is -1.31. The van der Waals surface area contributed by atoms with E-state index in [-0.39, 0.29) is 31.0 Å². The number of hydrogen-bond acceptors (Lipinski definition) is 9. The molecule has 3 saturated carbocycles. The Hall–Kier alpha value is -2.30. The SMILES string of the molecule is CC(=O)O[C@@]12C[C@H](C)[C@](O)(CCC3=CC(=O)OC3)[C@]3([C@@H](O)CC[C@H](C)CCCc4ccccc4)C1[C@@](C)(CC[C@@H]3O)[C@H]1CCC[C@@H]1NN2. The Kier molecular flexibility index (Phi) is 10.2. The minimum Gasteiger partial charge on any atom is -0.458 e. The van der Waals surface area contributed by atoms with Gasteiger partial charge in [0.25, 0.3) is 0 Å². The molecule has 5 aliphatic rings. The minimum atomic E-state index is -1.52. The number of aliphatic hydroxyl groups is 3. The van der Waals surface area contributed by atoms with Crippen molar-refractivity contribution >= 4 is 11.9 Å². The molecule has 3 aliphatic carbocycles. The molecule has 0 amide bonds. The molecule has 4 fully saturated rings. The van der Waals surface area contributed by atoms with Crippen molar-refractivity contribution in [3.05, 3.63) is 47.5 Å². The molecule has 0 bridgehead atoms. The largest absolute Gasteiger partial charge is 0.458 e. The van der Waals surface area contributed by atoms with Crippen LogP contribution in [0.1, 0.15) is 110 Å².